The Kier molecular flexibility index (Phi) is 7.27. The number of carbonyl (C=O) groups is 2. The summed E-state index contributed by atoms with van der Waals surface area (Å²) in [7, 11) is 1.91. The van der Waals surface area contributed by atoms with E-state index < -0.39 is 0 Å². The Morgan fingerprint density at radius 1 is 1.09 bits per heavy atom. The quantitative estimate of drug-likeness (QED) is 0.516. The van der Waals surface area contributed by atoms with Gasteiger partial charge in [-0.25, -0.2) is 4.68 Å². The van der Waals surface area contributed by atoms with E-state index in [-0.39, 0.29) is 11.8 Å². The maximum absolute atomic E-state index is 13.0. The minimum Gasteiger partial charge on any atom is -0.342 e. The van der Waals surface area contributed by atoms with E-state index in [1.807, 2.05) is 66.7 Å². The molecule has 1 fully saturated rings. The molecule has 2 amide bonds. The molecule has 0 bridgehead atoms. The van der Waals surface area contributed by atoms with E-state index >= 15 is 0 Å². The average Bonchev–Trinajstić information content (AvgIpc) is 3.38. The highest BCUT2D eigenvalue weighted by Gasteiger charge is 2.22. The molecule has 1 heterocycles. The van der Waals surface area contributed by atoms with Crippen LogP contribution in [0.1, 0.15) is 42.5 Å². The molecule has 0 radical (unpaired) electrons. The van der Waals surface area contributed by atoms with Gasteiger partial charge in [0.25, 0.3) is 5.91 Å². The molecule has 6 nitrogen and oxygen atoms in total. The van der Waals surface area contributed by atoms with E-state index in [4.69, 9.17) is 0 Å². The molecule has 0 aliphatic heterocycles. The Balaban J connectivity index is 1.41. The third-order valence-corrected chi connectivity index (χ3v) is 6.93. The fraction of sp³-hybridized carbons (Fsp3) is 0.320. The van der Waals surface area contributed by atoms with Gasteiger partial charge in [0.2, 0.25) is 5.91 Å². The van der Waals surface area contributed by atoms with Crippen molar-refractivity contribution in [2.24, 2.45) is 0 Å². The Bertz CT molecular complexity index is 1060. The van der Waals surface area contributed by atoms with Crippen molar-refractivity contribution in [1.29, 1.82) is 0 Å². The summed E-state index contributed by atoms with van der Waals surface area (Å²) in [6.45, 7) is 0. The maximum Gasteiger partial charge on any atom is 0.256 e. The second kappa shape index (κ2) is 10.5. The molecule has 7 heteroatoms. The lowest BCUT2D eigenvalue weighted by atomic mass is 9.94. The Morgan fingerprint density at radius 2 is 1.91 bits per heavy atom. The van der Waals surface area contributed by atoms with Crippen molar-refractivity contribution < 1.29 is 9.59 Å². The molecule has 0 spiro atoms. The normalized spacial score (nSPS) is 14.2. The van der Waals surface area contributed by atoms with Crippen molar-refractivity contribution >= 4 is 29.3 Å². The van der Waals surface area contributed by atoms with E-state index in [1.165, 1.54) is 31.0 Å². The van der Waals surface area contributed by atoms with Crippen molar-refractivity contribution in [3.05, 3.63) is 72.6 Å². The summed E-state index contributed by atoms with van der Waals surface area (Å²) >= 11 is 1.42. The third-order valence-electron chi connectivity index (χ3n) is 5.87. The molecule has 2 aromatic carbocycles. The van der Waals surface area contributed by atoms with Gasteiger partial charge in [-0.1, -0.05) is 37.5 Å². The van der Waals surface area contributed by atoms with Gasteiger partial charge in [0.15, 0.2) is 0 Å². The fourth-order valence-electron chi connectivity index (χ4n) is 4.04. The van der Waals surface area contributed by atoms with Gasteiger partial charge >= 0.3 is 0 Å². The Labute approximate surface area is 193 Å². The summed E-state index contributed by atoms with van der Waals surface area (Å²) < 4.78 is 1.74. The van der Waals surface area contributed by atoms with Crippen LogP contribution in [0.4, 0.5) is 5.69 Å². The van der Waals surface area contributed by atoms with Crippen LogP contribution in [0.3, 0.4) is 0 Å². The highest BCUT2D eigenvalue weighted by molar-refractivity contribution is 8.00. The first-order valence-corrected chi connectivity index (χ1v) is 12.0. The topological polar surface area (TPSA) is 67.2 Å². The first-order valence-electron chi connectivity index (χ1n) is 11.0. The second-order valence-electron chi connectivity index (χ2n) is 8.04. The van der Waals surface area contributed by atoms with Crippen LogP contribution in [0.2, 0.25) is 0 Å². The molecule has 1 aliphatic rings. The van der Waals surface area contributed by atoms with Crippen LogP contribution >= 0.6 is 11.8 Å². The molecule has 32 heavy (non-hydrogen) atoms. The van der Waals surface area contributed by atoms with Crippen molar-refractivity contribution in [2.45, 2.75) is 43.0 Å². The summed E-state index contributed by atoms with van der Waals surface area (Å²) in [6, 6.07) is 17.2. The summed E-state index contributed by atoms with van der Waals surface area (Å²) in [5, 5.41) is 7.21. The number of amides is 2. The number of hydrogen-bond acceptors (Lipinski definition) is 4. The molecule has 1 aliphatic carbocycles. The summed E-state index contributed by atoms with van der Waals surface area (Å²) in [5.74, 6) is 0.245. The molecule has 0 atom stereocenters. The van der Waals surface area contributed by atoms with Crippen molar-refractivity contribution in [1.82, 2.24) is 14.7 Å². The number of rotatable bonds is 7. The molecule has 1 N–H and O–H groups in total. The zero-order valence-electron chi connectivity index (χ0n) is 18.2. The SMILES string of the molecule is CN(C(=O)CSc1ccccc1C(=O)Nc1cccc(-n2cccn2)c1)C1CCCCC1. The van der Waals surface area contributed by atoms with Gasteiger partial charge in [-0.05, 0) is 49.2 Å². The predicted octanol–water partition coefficient (Wildman–Crippen LogP) is 5.01. The average molecular weight is 449 g/mol. The fourth-order valence-corrected chi connectivity index (χ4v) is 5.01. The lowest BCUT2D eigenvalue weighted by Gasteiger charge is -2.31. The van der Waals surface area contributed by atoms with Gasteiger partial charge < -0.3 is 10.2 Å². The molecule has 3 aromatic rings. The van der Waals surface area contributed by atoms with Crippen LogP contribution in [-0.2, 0) is 4.79 Å². The number of anilines is 1. The Morgan fingerprint density at radius 3 is 2.69 bits per heavy atom. The summed E-state index contributed by atoms with van der Waals surface area (Å²) in [5.41, 5.74) is 2.12. The molecule has 4 rings (SSSR count). The van der Waals surface area contributed by atoms with Crippen LogP contribution in [0.5, 0.6) is 0 Å². The monoisotopic (exact) mass is 448 g/mol. The van der Waals surface area contributed by atoms with Gasteiger partial charge in [0.05, 0.1) is 17.0 Å². The first-order chi connectivity index (χ1) is 15.6. The number of thioether (sulfide) groups is 1. The molecular formula is C25H28N4O2S. The van der Waals surface area contributed by atoms with Crippen LogP contribution < -0.4 is 5.32 Å². The maximum atomic E-state index is 13.0. The first kappa shape index (κ1) is 22.1. The molecule has 1 saturated carbocycles. The number of benzene rings is 2. The van der Waals surface area contributed by atoms with Gasteiger partial charge in [0.1, 0.15) is 0 Å². The van der Waals surface area contributed by atoms with E-state index in [1.54, 1.807) is 16.9 Å². The van der Waals surface area contributed by atoms with Gasteiger partial charge in [-0.2, -0.15) is 5.10 Å². The number of carbonyl (C=O) groups excluding carboxylic acids is 2. The number of nitrogens with zero attached hydrogens (tertiary/aromatic N) is 3. The van der Waals surface area contributed by atoms with Crippen LogP contribution in [0.25, 0.3) is 5.69 Å². The predicted molar refractivity (Wildman–Crippen MR) is 128 cm³/mol. The van der Waals surface area contributed by atoms with E-state index in [9.17, 15) is 9.59 Å². The van der Waals surface area contributed by atoms with Crippen molar-refractivity contribution in [3.63, 3.8) is 0 Å². The second-order valence-corrected chi connectivity index (χ2v) is 9.05. The van der Waals surface area contributed by atoms with Crippen LogP contribution in [0.15, 0.2) is 71.9 Å². The van der Waals surface area contributed by atoms with Crippen LogP contribution in [0, 0.1) is 0 Å². The Hall–Kier alpha value is -3.06. The zero-order chi connectivity index (χ0) is 22.3. The van der Waals surface area contributed by atoms with E-state index in [0.717, 1.165) is 23.4 Å². The zero-order valence-corrected chi connectivity index (χ0v) is 19.1. The summed E-state index contributed by atoms with van der Waals surface area (Å²) in [6.07, 6.45) is 9.40. The smallest absolute Gasteiger partial charge is 0.256 e. The number of aromatic nitrogens is 2. The van der Waals surface area contributed by atoms with Crippen molar-refractivity contribution in [2.75, 3.05) is 18.1 Å². The lowest BCUT2D eigenvalue weighted by molar-refractivity contribution is -0.129. The molecular weight excluding hydrogens is 420 g/mol. The minimum atomic E-state index is -0.196. The highest BCUT2D eigenvalue weighted by atomic mass is 32.2. The highest BCUT2D eigenvalue weighted by Crippen LogP contribution is 2.26. The standard InChI is InChI=1S/C25H28N4O2S/c1-28(20-10-3-2-4-11-20)24(30)18-32-23-14-6-5-13-22(23)25(31)27-19-9-7-12-21(17-19)29-16-8-15-26-29/h5-9,12-17,20H,2-4,10-11,18H2,1H3,(H,27,31). The van der Waals surface area contributed by atoms with Gasteiger partial charge in [0, 0.05) is 36.1 Å². The number of hydrogen-bond donors (Lipinski definition) is 1. The van der Waals surface area contributed by atoms with E-state index in [0.29, 0.717) is 23.0 Å². The lowest BCUT2D eigenvalue weighted by Crippen LogP contribution is -2.39. The molecule has 1 aromatic heterocycles. The third kappa shape index (κ3) is 5.40. The minimum absolute atomic E-state index is 0.115. The van der Waals surface area contributed by atoms with Gasteiger partial charge in [-0.3, -0.25) is 9.59 Å². The van der Waals surface area contributed by atoms with E-state index in [2.05, 4.69) is 10.4 Å². The summed E-state index contributed by atoms with van der Waals surface area (Å²) in [4.78, 5) is 28.5. The van der Waals surface area contributed by atoms with Gasteiger partial charge in [-0.15, -0.1) is 11.8 Å². The molecule has 0 saturated heterocycles. The molecule has 0 unspecified atom stereocenters. The number of nitrogens with one attached hydrogen (secondary N) is 1. The van der Waals surface area contributed by atoms with Crippen LogP contribution in [-0.4, -0.2) is 45.3 Å². The largest absolute Gasteiger partial charge is 0.342 e. The van der Waals surface area contributed by atoms with Crippen molar-refractivity contribution in [3.8, 4) is 5.69 Å². The molecule has 166 valence electrons.